The predicted molar refractivity (Wildman–Crippen MR) is 61.9 cm³/mol. The van der Waals surface area contributed by atoms with E-state index in [1.54, 1.807) is 0 Å². The number of hydrogen-bond acceptors (Lipinski definition) is 3. The highest BCUT2D eigenvalue weighted by molar-refractivity contribution is 5.79. The van der Waals surface area contributed by atoms with E-state index in [-0.39, 0.29) is 0 Å². The Hall–Kier alpha value is -1.35. The van der Waals surface area contributed by atoms with Crippen LogP contribution in [0.3, 0.4) is 0 Å². The van der Waals surface area contributed by atoms with Gasteiger partial charge in [0.2, 0.25) is 0 Å². The number of aryl methyl sites for hydroxylation is 1. The first kappa shape index (κ1) is 9.85. The zero-order chi connectivity index (χ0) is 11.1. The van der Waals surface area contributed by atoms with Gasteiger partial charge in [-0.05, 0) is 37.0 Å². The second kappa shape index (κ2) is 3.59. The molecule has 0 saturated carbocycles. The molecule has 0 aromatic heterocycles. The Bertz CT molecular complexity index is 442. The van der Waals surface area contributed by atoms with E-state index in [2.05, 4.69) is 4.90 Å². The third kappa shape index (κ3) is 1.35. The number of carbonyl (C=O) groups excluding carboxylic acids is 1. The summed E-state index contributed by atoms with van der Waals surface area (Å²) in [7, 11) is 0. The monoisotopic (exact) mass is 217 g/mol. The predicted octanol–water partition coefficient (Wildman–Crippen LogP) is 1.69. The Balaban J connectivity index is 2.21. The number of nitrogens with zero attached hydrogens (tertiary/aromatic N) is 1. The van der Waals surface area contributed by atoms with Crippen molar-refractivity contribution >= 4 is 12.0 Å². The number of aliphatic hydroxyl groups is 1. The van der Waals surface area contributed by atoms with Crippen molar-refractivity contribution in [1.82, 2.24) is 0 Å². The molecule has 0 spiro atoms. The van der Waals surface area contributed by atoms with Crippen LogP contribution >= 0.6 is 0 Å². The van der Waals surface area contributed by atoms with Gasteiger partial charge in [-0.3, -0.25) is 4.79 Å². The Morgan fingerprint density at radius 2 is 2.25 bits per heavy atom. The molecule has 16 heavy (non-hydrogen) atoms. The molecule has 3 heteroatoms. The smallest absolute Gasteiger partial charge is 0.150 e. The number of benzene rings is 1. The van der Waals surface area contributed by atoms with Crippen LogP contribution < -0.4 is 4.90 Å². The van der Waals surface area contributed by atoms with Crippen molar-refractivity contribution in [1.29, 1.82) is 0 Å². The number of anilines is 1. The summed E-state index contributed by atoms with van der Waals surface area (Å²) in [4.78, 5) is 13.2. The summed E-state index contributed by atoms with van der Waals surface area (Å²) in [5.74, 6) is 0. The van der Waals surface area contributed by atoms with Gasteiger partial charge in [-0.2, -0.15) is 0 Å². The van der Waals surface area contributed by atoms with Crippen molar-refractivity contribution in [3.8, 4) is 0 Å². The van der Waals surface area contributed by atoms with Crippen molar-refractivity contribution in [3.05, 3.63) is 28.8 Å². The molecule has 0 saturated heterocycles. The van der Waals surface area contributed by atoms with Gasteiger partial charge in [0.1, 0.15) is 6.29 Å². The molecular formula is C13H15NO2. The highest BCUT2D eigenvalue weighted by Crippen LogP contribution is 2.39. The molecule has 1 aromatic carbocycles. The Morgan fingerprint density at radius 1 is 1.38 bits per heavy atom. The van der Waals surface area contributed by atoms with Gasteiger partial charge in [-0.25, -0.2) is 0 Å². The van der Waals surface area contributed by atoms with E-state index in [9.17, 15) is 9.90 Å². The van der Waals surface area contributed by atoms with E-state index in [4.69, 9.17) is 0 Å². The third-order valence-electron chi connectivity index (χ3n) is 3.60. The van der Waals surface area contributed by atoms with Gasteiger partial charge in [-0.1, -0.05) is 0 Å². The van der Waals surface area contributed by atoms with Gasteiger partial charge in [0.25, 0.3) is 0 Å². The van der Waals surface area contributed by atoms with E-state index >= 15 is 0 Å². The van der Waals surface area contributed by atoms with Crippen LogP contribution in [0.1, 0.15) is 40.4 Å². The van der Waals surface area contributed by atoms with E-state index < -0.39 is 6.10 Å². The minimum atomic E-state index is -0.400. The van der Waals surface area contributed by atoms with Crippen LogP contribution in [-0.4, -0.2) is 24.5 Å². The lowest BCUT2D eigenvalue weighted by molar-refractivity contribution is 0.112. The van der Waals surface area contributed by atoms with Gasteiger partial charge in [0.05, 0.1) is 6.10 Å². The lowest BCUT2D eigenvalue weighted by atomic mass is 9.89. The second-order valence-electron chi connectivity index (χ2n) is 4.63. The lowest BCUT2D eigenvalue weighted by Crippen LogP contribution is -2.36. The zero-order valence-corrected chi connectivity index (χ0v) is 9.15. The van der Waals surface area contributed by atoms with Crippen molar-refractivity contribution in [2.75, 3.05) is 18.0 Å². The number of rotatable bonds is 1. The first-order chi connectivity index (χ1) is 7.79. The summed E-state index contributed by atoms with van der Waals surface area (Å²) in [5.41, 5.74) is 4.06. The molecule has 0 amide bonds. The highest BCUT2D eigenvalue weighted by atomic mass is 16.3. The first-order valence-electron chi connectivity index (χ1n) is 5.84. The van der Waals surface area contributed by atoms with Crippen LogP contribution in [0.2, 0.25) is 0 Å². The van der Waals surface area contributed by atoms with E-state index in [1.807, 2.05) is 12.1 Å². The third-order valence-corrected chi connectivity index (χ3v) is 3.60. The molecular weight excluding hydrogens is 202 g/mol. The van der Waals surface area contributed by atoms with Gasteiger partial charge < -0.3 is 10.0 Å². The molecule has 0 aliphatic carbocycles. The highest BCUT2D eigenvalue weighted by Gasteiger charge is 2.28. The molecule has 1 unspecified atom stereocenters. The Labute approximate surface area is 94.7 Å². The first-order valence-corrected chi connectivity index (χ1v) is 5.84. The lowest BCUT2D eigenvalue weighted by Gasteiger charge is -2.38. The van der Waals surface area contributed by atoms with E-state index in [0.717, 1.165) is 44.2 Å². The Kier molecular flexibility index (Phi) is 2.21. The van der Waals surface area contributed by atoms with Gasteiger partial charge in [0, 0.05) is 29.9 Å². The van der Waals surface area contributed by atoms with Crippen molar-refractivity contribution < 1.29 is 9.90 Å². The summed E-state index contributed by atoms with van der Waals surface area (Å²) in [5, 5.41) is 10.0. The average Bonchev–Trinajstić information content (AvgIpc) is 2.33. The van der Waals surface area contributed by atoms with E-state index in [1.165, 1.54) is 11.3 Å². The van der Waals surface area contributed by atoms with Gasteiger partial charge in [0.15, 0.2) is 0 Å². The fourth-order valence-corrected chi connectivity index (χ4v) is 2.87. The molecule has 0 radical (unpaired) electrons. The molecule has 84 valence electrons. The summed E-state index contributed by atoms with van der Waals surface area (Å²) in [6.07, 6.45) is 3.41. The normalized spacial score (nSPS) is 22.8. The van der Waals surface area contributed by atoms with Crippen LogP contribution in [0.15, 0.2) is 12.1 Å². The molecule has 3 rings (SSSR count). The molecule has 0 bridgehead atoms. The molecule has 3 nitrogen and oxygen atoms in total. The molecule has 1 N–H and O–H groups in total. The number of carbonyl (C=O) groups is 1. The van der Waals surface area contributed by atoms with Gasteiger partial charge in [-0.15, -0.1) is 0 Å². The molecule has 2 heterocycles. The number of hydrogen-bond donors (Lipinski definition) is 1. The summed E-state index contributed by atoms with van der Waals surface area (Å²) >= 11 is 0. The second-order valence-corrected chi connectivity index (χ2v) is 4.63. The van der Waals surface area contributed by atoms with Crippen molar-refractivity contribution in [3.63, 3.8) is 0 Å². The van der Waals surface area contributed by atoms with Gasteiger partial charge >= 0.3 is 0 Å². The van der Waals surface area contributed by atoms with Crippen LogP contribution in [-0.2, 0) is 6.42 Å². The molecule has 2 aliphatic rings. The standard InChI is InChI=1S/C13H15NO2/c15-8-9-6-10-2-1-4-14-5-3-12(16)11(7-9)13(10)14/h6-8,12,16H,1-5H2. The molecule has 1 aromatic rings. The van der Waals surface area contributed by atoms with Crippen LogP contribution in [0.5, 0.6) is 0 Å². The molecule has 0 fully saturated rings. The average molecular weight is 217 g/mol. The largest absolute Gasteiger partial charge is 0.388 e. The minimum absolute atomic E-state index is 0.400. The maximum Gasteiger partial charge on any atom is 0.150 e. The van der Waals surface area contributed by atoms with Crippen LogP contribution in [0.25, 0.3) is 0 Å². The molecule has 2 aliphatic heterocycles. The maximum atomic E-state index is 10.9. The van der Waals surface area contributed by atoms with Crippen LogP contribution in [0, 0.1) is 0 Å². The van der Waals surface area contributed by atoms with Crippen LogP contribution in [0.4, 0.5) is 5.69 Å². The fourth-order valence-electron chi connectivity index (χ4n) is 2.87. The minimum Gasteiger partial charge on any atom is -0.388 e. The topological polar surface area (TPSA) is 40.5 Å². The summed E-state index contributed by atoms with van der Waals surface area (Å²) < 4.78 is 0. The fraction of sp³-hybridized carbons (Fsp3) is 0.462. The van der Waals surface area contributed by atoms with Crippen molar-refractivity contribution in [2.24, 2.45) is 0 Å². The quantitative estimate of drug-likeness (QED) is 0.728. The molecule has 1 atom stereocenters. The SMILES string of the molecule is O=Cc1cc2c3c(c1)C(O)CCN3CCC2. The summed E-state index contributed by atoms with van der Waals surface area (Å²) in [6, 6.07) is 3.81. The van der Waals surface area contributed by atoms with E-state index in [0.29, 0.717) is 5.56 Å². The zero-order valence-electron chi connectivity index (χ0n) is 9.15. The number of aldehydes is 1. The summed E-state index contributed by atoms with van der Waals surface area (Å²) in [6.45, 7) is 2.01. The Morgan fingerprint density at radius 3 is 3.06 bits per heavy atom. The van der Waals surface area contributed by atoms with Crippen molar-refractivity contribution in [2.45, 2.75) is 25.4 Å². The number of aliphatic hydroxyl groups excluding tert-OH is 1. The maximum absolute atomic E-state index is 10.9.